The number of carbonyl (C=O) groups excluding carboxylic acids is 2. The number of aromatic nitrogens is 2. The Hall–Kier alpha value is -4.48. The number of methoxy groups -OCH3 is 3. The van der Waals surface area contributed by atoms with Gasteiger partial charge < -0.3 is 23.8 Å². The van der Waals surface area contributed by atoms with Crippen molar-refractivity contribution in [3.63, 3.8) is 0 Å². The maximum absolute atomic E-state index is 14.1. The van der Waals surface area contributed by atoms with Crippen LogP contribution in [0.2, 0.25) is 0 Å². The molecule has 4 aromatic rings. The van der Waals surface area contributed by atoms with Crippen molar-refractivity contribution in [2.45, 2.75) is 5.25 Å². The number of hydrogen-bond donors (Lipinski definition) is 0. The van der Waals surface area contributed by atoms with E-state index in [9.17, 15) is 9.59 Å². The van der Waals surface area contributed by atoms with Gasteiger partial charge in [-0.1, -0.05) is 30.3 Å². The molecule has 2 amide bonds. The van der Waals surface area contributed by atoms with E-state index in [0.717, 1.165) is 22.4 Å². The largest absolute Gasteiger partial charge is 0.497 e. The Balaban J connectivity index is 1.61. The first-order valence-corrected chi connectivity index (χ1v) is 15.4. The van der Waals surface area contributed by atoms with Gasteiger partial charge in [0.1, 0.15) is 29.6 Å². The van der Waals surface area contributed by atoms with Gasteiger partial charge in [0, 0.05) is 29.8 Å². The molecule has 0 spiro atoms. The molecule has 1 fully saturated rings. The average molecular weight is 615 g/mol. The first-order valence-electron chi connectivity index (χ1n) is 14.3. The highest BCUT2D eigenvalue weighted by atomic mass is 32.2. The second-order valence-corrected chi connectivity index (χ2v) is 11.4. The Labute approximate surface area is 260 Å². The highest BCUT2D eigenvalue weighted by Crippen LogP contribution is 2.51. The summed E-state index contributed by atoms with van der Waals surface area (Å²) in [4.78, 5) is 31.1. The molecule has 6 rings (SSSR count). The summed E-state index contributed by atoms with van der Waals surface area (Å²) in [6, 6.07) is 23.0. The fourth-order valence-corrected chi connectivity index (χ4v) is 6.78. The molecule has 0 bridgehead atoms. The fraction of sp³-hybridized carbons (Fsp3) is 0.303. The van der Waals surface area contributed by atoms with Crippen LogP contribution >= 0.6 is 11.8 Å². The van der Waals surface area contributed by atoms with Crippen LogP contribution in [0.15, 0.2) is 72.8 Å². The molecule has 0 unspecified atom stereocenters. The fourth-order valence-electron chi connectivity index (χ4n) is 5.57. The standard InChI is InChI=1S/C33H34N4O6S/c1-40-24-11-9-23(10-12-24)37-33-30(31(34-37)22-7-5-4-6-8-22)32(26-19-25(41-2)13-14-27(26)42-3)44-21-29(39)36(33)20-28(38)35-15-17-43-18-16-35/h4-14,19,32H,15-18,20-21H2,1-3H3/t32-/m1/s1. The van der Waals surface area contributed by atoms with Crippen LogP contribution in [-0.4, -0.2) is 86.4 Å². The summed E-state index contributed by atoms with van der Waals surface area (Å²) in [5, 5.41) is 4.79. The first kappa shape index (κ1) is 29.6. The van der Waals surface area contributed by atoms with Crippen molar-refractivity contribution < 1.29 is 28.5 Å². The van der Waals surface area contributed by atoms with Crippen LogP contribution in [0.3, 0.4) is 0 Å². The molecular formula is C33H34N4O6S. The van der Waals surface area contributed by atoms with Crippen LogP contribution < -0.4 is 19.1 Å². The zero-order valence-electron chi connectivity index (χ0n) is 24.9. The van der Waals surface area contributed by atoms with Gasteiger partial charge in [0.05, 0.1) is 56.9 Å². The van der Waals surface area contributed by atoms with E-state index in [4.69, 9.17) is 24.0 Å². The van der Waals surface area contributed by atoms with E-state index < -0.39 is 0 Å². The molecule has 10 nitrogen and oxygen atoms in total. The minimum atomic E-state index is -0.371. The Kier molecular flexibility index (Phi) is 8.76. The second kappa shape index (κ2) is 13.0. The van der Waals surface area contributed by atoms with E-state index in [2.05, 4.69) is 0 Å². The van der Waals surface area contributed by atoms with Gasteiger partial charge in [-0.3, -0.25) is 14.5 Å². The summed E-state index contributed by atoms with van der Waals surface area (Å²) in [7, 11) is 4.87. The van der Waals surface area contributed by atoms with Crippen molar-refractivity contribution in [2.75, 3.05) is 64.8 Å². The summed E-state index contributed by atoms with van der Waals surface area (Å²) in [5.74, 6) is 2.39. The zero-order valence-corrected chi connectivity index (χ0v) is 25.7. The van der Waals surface area contributed by atoms with Gasteiger partial charge in [-0.05, 0) is 42.5 Å². The van der Waals surface area contributed by atoms with Crippen LogP contribution in [0.4, 0.5) is 5.82 Å². The van der Waals surface area contributed by atoms with Crippen molar-refractivity contribution in [1.82, 2.24) is 14.7 Å². The van der Waals surface area contributed by atoms with Crippen molar-refractivity contribution in [3.8, 4) is 34.2 Å². The van der Waals surface area contributed by atoms with Crippen LogP contribution in [0.1, 0.15) is 16.4 Å². The quantitative estimate of drug-likeness (QED) is 0.285. The molecule has 0 saturated carbocycles. The maximum Gasteiger partial charge on any atom is 0.242 e. The summed E-state index contributed by atoms with van der Waals surface area (Å²) < 4.78 is 24.1. The molecule has 1 atom stereocenters. The molecular weight excluding hydrogens is 580 g/mol. The zero-order chi connectivity index (χ0) is 30.6. The molecule has 11 heteroatoms. The molecule has 3 aromatic carbocycles. The lowest BCUT2D eigenvalue weighted by Gasteiger charge is -2.30. The lowest BCUT2D eigenvalue weighted by molar-refractivity contribution is -0.134. The highest BCUT2D eigenvalue weighted by molar-refractivity contribution is 8.00. The SMILES string of the molecule is COc1ccc(-n2nc(-c3ccccc3)c3c2N(CC(=O)N2CCOCC2)C(=O)CS[C@@H]3c2cc(OC)ccc2OC)cc1. The minimum Gasteiger partial charge on any atom is -0.497 e. The number of ether oxygens (including phenoxy) is 4. The molecule has 228 valence electrons. The van der Waals surface area contributed by atoms with E-state index in [1.807, 2.05) is 72.8 Å². The maximum atomic E-state index is 14.1. The number of nitrogens with zero attached hydrogens (tertiary/aromatic N) is 4. The topological polar surface area (TPSA) is 95.4 Å². The first-order chi connectivity index (χ1) is 21.5. The summed E-state index contributed by atoms with van der Waals surface area (Å²) >= 11 is 1.48. The number of anilines is 1. The lowest BCUT2D eigenvalue weighted by atomic mass is 9.98. The van der Waals surface area contributed by atoms with Crippen molar-refractivity contribution in [1.29, 1.82) is 0 Å². The molecule has 2 aliphatic rings. The third-order valence-electron chi connectivity index (χ3n) is 7.83. The number of amides is 2. The number of hydrogen-bond acceptors (Lipinski definition) is 8. The van der Waals surface area contributed by atoms with E-state index in [1.54, 1.807) is 35.8 Å². The van der Waals surface area contributed by atoms with E-state index in [1.165, 1.54) is 11.8 Å². The minimum absolute atomic E-state index is 0.121. The molecule has 3 heterocycles. The number of carbonyl (C=O) groups is 2. The van der Waals surface area contributed by atoms with Gasteiger partial charge in [-0.25, -0.2) is 4.68 Å². The number of morpholine rings is 1. The number of benzene rings is 3. The Bertz CT molecular complexity index is 1640. The number of thioether (sulfide) groups is 1. The van der Waals surface area contributed by atoms with E-state index in [-0.39, 0.29) is 29.4 Å². The molecule has 1 saturated heterocycles. The second-order valence-electron chi connectivity index (χ2n) is 10.3. The third-order valence-corrected chi connectivity index (χ3v) is 9.07. The molecule has 0 aliphatic carbocycles. The monoisotopic (exact) mass is 614 g/mol. The van der Waals surface area contributed by atoms with Gasteiger partial charge in [-0.2, -0.15) is 5.10 Å². The van der Waals surface area contributed by atoms with Crippen molar-refractivity contribution in [2.24, 2.45) is 0 Å². The van der Waals surface area contributed by atoms with Crippen LogP contribution in [-0.2, 0) is 14.3 Å². The van der Waals surface area contributed by atoms with Gasteiger partial charge in [-0.15, -0.1) is 11.8 Å². The summed E-state index contributed by atoms with van der Waals surface area (Å²) in [5.41, 5.74) is 3.97. The molecule has 0 N–H and O–H groups in total. The molecule has 0 radical (unpaired) electrons. The summed E-state index contributed by atoms with van der Waals surface area (Å²) in [6.45, 7) is 1.80. The van der Waals surface area contributed by atoms with Gasteiger partial charge in [0.25, 0.3) is 0 Å². The number of rotatable bonds is 8. The average Bonchev–Trinajstić information content (AvgIpc) is 3.41. The predicted molar refractivity (Wildman–Crippen MR) is 169 cm³/mol. The van der Waals surface area contributed by atoms with Crippen molar-refractivity contribution in [3.05, 3.63) is 83.9 Å². The normalized spacial score (nSPS) is 16.7. The van der Waals surface area contributed by atoms with Gasteiger partial charge in [0.2, 0.25) is 11.8 Å². The van der Waals surface area contributed by atoms with Crippen molar-refractivity contribution >= 4 is 29.4 Å². The Morgan fingerprint density at radius 3 is 2.32 bits per heavy atom. The highest BCUT2D eigenvalue weighted by Gasteiger charge is 2.39. The third kappa shape index (κ3) is 5.72. The molecule has 1 aromatic heterocycles. The Morgan fingerprint density at radius 2 is 1.64 bits per heavy atom. The van der Waals surface area contributed by atoms with Gasteiger partial charge >= 0.3 is 0 Å². The van der Waals surface area contributed by atoms with Gasteiger partial charge in [0.15, 0.2) is 0 Å². The molecule has 44 heavy (non-hydrogen) atoms. The van der Waals surface area contributed by atoms with Crippen LogP contribution in [0.25, 0.3) is 16.9 Å². The number of fused-ring (bicyclic) bond motifs is 1. The van der Waals surface area contributed by atoms with Crippen LogP contribution in [0, 0.1) is 0 Å². The predicted octanol–water partition coefficient (Wildman–Crippen LogP) is 4.59. The lowest BCUT2D eigenvalue weighted by Crippen LogP contribution is -2.48. The van der Waals surface area contributed by atoms with E-state index >= 15 is 0 Å². The molecule has 2 aliphatic heterocycles. The summed E-state index contributed by atoms with van der Waals surface area (Å²) in [6.07, 6.45) is 0. The Morgan fingerprint density at radius 1 is 0.932 bits per heavy atom. The van der Waals surface area contributed by atoms with E-state index in [0.29, 0.717) is 55.1 Å². The van der Waals surface area contributed by atoms with Crippen LogP contribution in [0.5, 0.6) is 17.2 Å². The smallest absolute Gasteiger partial charge is 0.242 e.